The van der Waals surface area contributed by atoms with Crippen molar-refractivity contribution in [2.24, 2.45) is 5.73 Å². The van der Waals surface area contributed by atoms with E-state index in [1.165, 1.54) is 0 Å². The molecule has 0 heterocycles. The van der Waals surface area contributed by atoms with Crippen LogP contribution in [0.25, 0.3) is 0 Å². The maximum Gasteiger partial charge on any atom is 0.230 e. The third kappa shape index (κ3) is 4.35. The summed E-state index contributed by atoms with van der Waals surface area (Å²) in [6, 6.07) is 10.7. The van der Waals surface area contributed by atoms with Gasteiger partial charge in [0, 0.05) is 17.0 Å². The highest BCUT2D eigenvalue weighted by Gasteiger charge is 2.19. The molecule has 4 heteroatoms. The van der Waals surface area contributed by atoms with Gasteiger partial charge in [0.1, 0.15) is 0 Å². The second-order valence-corrected chi connectivity index (χ2v) is 5.83. The maximum atomic E-state index is 11.8. The molecule has 1 aliphatic carbocycles. The molecule has 1 saturated carbocycles. The minimum atomic E-state index is 0.129. The molecule has 2 rings (SSSR count). The molecule has 0 spiro atoms. The highest BCUT2D eigenvalue weighted by molar-refractivity contribution is 8.00. The first-order chi connectivity index (χ1) is 8.74. The zero-order chi connectivity index (χ0) is 12.8. The van der Waals surface area contributed by atoms with E-state index >= 15 is 0 Å². The average Bonchev–Trinajstić information content (AvgIpc) is 2.40. The van der Waals surface area contributed by atoms with E-state index in [4.69, 9.17) is 5.73 Å². The fraction of sp³-hybridized carbons (Fsp3) is 0.500. The van der Waals surface area contributed by atoms with E-state index in [0.717, 1.165) is 30.6 Å². The van der Waals surface area contributed by atoms with E-state index in [2.05, 4.69) is 5.32 Å². The van der Waals surface area contributed by atoms with Crippen LogP contribution in [-0.4, -0.2) is 23.7 Å². The molecule has 0 unspecified atom stereocenters. The third-order valence-electron chi connectivity index (χ3n) is 3.25. The Hall–Kier alpha value is -1.00. The summed E-state index contributed by atoms with van der Waals surface area (Å²) >= 11 is 1.58. The van der Waals surface area contributed by atoms with Crippen molar-refractivity contribution in [1.82, 2.24) is 5.32 Å². The first-order valence-electron chi connectivity index (χ1n) is 6.47. The molecule has 3 N–H and O–H groups in total. The van der Waals surface area contributed by atoms with Crippen LogP contribution in [0.3, 0.4) is 0 Å². The zero-order valence-corrected chi connectivity index (χ0v) is 11.3. The third-order valence-corrected chi connectivity index (χ3v) is 4.26. The van der Waals surface area contributed by atoms with E-state index < -0.39 is 0 Å². The van der Waals surface area contributed by atoms with Crippen molar-refractivity contribution in [3.63, 3.8) is 0 Å². The monoisotopic (exact) mass is 264 g/mol. The van der Waals surface area contributed by atoms with Gasteiger partial charge in [-0.25, -0.2) is 0 Å². The summed E-state index contributed by atoms with van der Waals surface area (Å²) in [4.78, 5) is 12.9. The van der Waals surface area contributed by atoms with Gasteiger partial charge in [0.15, 0.2) is 0 Å². The largest absolute Gasteiger partial charge is 0.353 e. The first kappa shape index (κ1) is 13.4. The van der Waals surface area contributed by atoms with Crippen LogP contribution in [0.15, 0.2) is 35.2 Å². The van der Waals surface area contributed by atoms with Gasteiger partial charge in [0.25, 0.3) is 0 Å². The van der Waals surface area contributed by atoms with Gasteiger partial charge < -0.3 is 11.1 Å². The summed E-state index contributed by atoms with van der Waals surface area (Å²) < 4.78 is 0. The first-order valence-corrected chi connectivity index (χ1v) is 7.45. The summed E-state index contributed by atoms with van der Waals surface area (Å²) in [5, 5.41) is 3.09. The number of nitrogens with two attached hydrogens (primary N) is 1. The number of rotatable bonds is 4. The molecular formula is C14H20N2OS. The SMILES string of the molecule is NC1CCC(NC(=O)CSc2ccccc2)CC1. The van der Waals surface area contributed by atoms with E-state index in [1.807, 2.05) is 30.3 Å². The van der Waals surface area contributed by atoms with Crippen LogP contribution in [0.4, 0.5) is 0 Å². The number of benzene rings is 1. The van der Waals surface area contributed by atoms with Crippen LogP contribution >= 0.6 is 11.8 Å². The summed E-state index contributed by atoms with van der Waals surface area (Å²) in [6.07, 6.45) is 4.08. The highest BCUT2D eigenvalue weighted by atomic mass is 32.2. The number of amides is 1. The Morgan fingerprint density at radius 2 is 1.89 bits per heavy atom. The standard InChI is InChI=1S/C14H20N2OS/c15-11-6-8-12(9-7-11)16-14(17)10-18-13-4-2-1-3-5-13/h1-5,11-12H,6-10,15H2,(H,16,17). The lowest BCUT2D eigenvalue weighted by molar-refractivity contribution is -0.119. The lowest BCUT2D eigenvalue weighted by Crippen LogP contribution is -2.41. The molecule has 18 heavy (non-hydrogen) atoms. The number of carbonyl (C=O) groups excluding carboxylic acids is 1. The normalized spacial score (nSPS) is 23.6. The van der Waals surface area contributed by atoms with Crippen molar-refractivity contribution in [2.75, 3.05) is 5.75 Å². The second kappa shape index (κ2) is 6.81. The topological polar surface area (TPSA) is 55.1 Å². The Kier molecular flexibility index (Phi) is 5.08. The molecule has 98 valence electrons. The Morgan fingerprint density at radius 1 is 1.22 bits per heavy atom. The number of carbonyl (C=O) groups is 1. The van der Waals surface area contributed by atoms with Gasteiger partial charge in [-0.15, -0.1) is 11.8 Å². The van der Waals surface area contributed by atoms with Crippen LogP contribution in [0.5, 0.6) is 0 Å². The number of hydrogen-bond donors (Lipinski definition) is 2. The Balaban J connectivity index is 1.69. The molecule has 0 aromatic heterocycles. The van der Waals surface area contributed by atoms with Gasteiger partial charge in [-0.1, -0.05) is 18.2 Å². The van der Waals surface area contributed by atoms with Crippen molar-refractivity contribution >= 4 is 17.7 Å². The van der Waals surface area contributed by atoms with E-state index in [0.29, 0.717) is 17.8 Å². The minimum absolute atomic E-state index is 0.129. The lowest BCUT2D eigenvalue weighted by atomic mass is 9.92. The van der Waals surface area contributed by atoms with Crippen molar-refractivity contribution in [2.45, 2.75) is 42.7 Å². The predicted octanol–water partition coefficient (Wildman–Crippen LogP) is 2.16. The number of nitrogens with one attached hydrogen (secondary N) is 1. The molecule has 1 aromatic carbocycles. The average molecular weight is 264 g/mol. The summed E-state index contributed by atoms with van der Waals surface area (Å²) in [5.74, 6) is 0.622. The fourth-order valence-electron chi connectivity index (χ4n) is 2.20. The zero-order valence-electron chi connectivity index (χ0n) is 10.5. The van der Waals surface area contributed by atoms with E-state index in [-0.39, 0.29) is 5.91 Å². The van der Waals surface area contributed by atoms with Gasteiger partial charge in [-0.2, -0.15) is 0 Å². The van der Waals surface area contributed by atoms with Crippen molar-refractivity contribution in [3.8, 4) is 0 Å². The van der Waals surface area contributed by atoms with Crippen LogP contribution in [-0.2, 0) is 4.79 Å². The minimum Gasteiger partial charge on any atom is -0.353 e. The number of hydrogen-bond acceptors (Lipinski definition) is 3. The van der Waals surface area contributed by atoms with Gasteiger partial charge in [-0.3, -0.25) is 4.79 Å². The molecule has 1 aliphatic rings. The molecule has 1 amide bonds. The van der Waals surface area contributed by atoms with Gasteiger partial charge in [-0.05, 0) is 37.8 Å². The summed E-state index contributed by atoms with van der Waals surface area (Å²) in [7, 11) is 0. The smallest absolute Gasteiger partial charge is 0.230 e. The quantitative estimate of drug-likeness (QED) is 0.819. The Labute approximate surface area is 113 Å². The maximum absolute atomic E-state index is 11.8. The predicted molar refractivity (Wildman–Crippen MR) is 75.5 cm³/mol. The summed E-state index contributed by atoms with van der Waals surface area (Å²) in [5.41, 5.74) is 5.85. The van der Waals surface area contributed by atoms with Crippen molar-refractivity contribution in [3.05, 3.63) is 30.3 Å². The van der Waals surface area contributed by atoms with Crippen molar-refractivity contribution < 1.29 is 4.79 Å². The molecular weight excluding hydrogens is 244 g/mol. The molecule has 1 aromatic rings. The van der Waals surface area contributed by atoms with Crippen LogP contribution in [0.2, 0.25) is 0 Å². The van der Waals surface area contributed by atoms with Gasteiger partial charge in [0.2, 0.25) is 5.91 Å². The fourth-order valence-corrected chi connectivity index (χ4v) is 2.93. The Bertz CT molecular complexity index is 375. The lowest BCUT2D eigenvalue weighted by Gasteiger charge is -2.26. The second-order valence-electron chi connectivity index (χ2n) is 4.78. The van der Waals surface area contributed by atoms with Gasteiger partial charge in [0.05, 0.1) is 5.75 Å². The molecule has 0 bridgehead atoms. The molecule has 1 fully saturated rings. The van der Waals surface area contributed by atoms with E-state index in [1.54, 1.807) is 11.8 Å². The van der Waals surface area contributed by atoms with Crippen LogP contribution < -0.4 is 11.1 Å². The molecule has 0 aliphatic heterocycles. The Morgan fingerprint density at radius 3 is 2.56 bits per heavy atom. The molecule has 0 saturated heterocycles. The summed E-state index contributed by atoms with van der Waals surface area (Å²) in [6.45, 7) is 0. The molecule has 3 nitrogen and oxygen atoms in total. The number of thioether (sulfide) groups is 1. The molecule has 0 atom stereocenters. The van der Waals surface area contributed by atoms with E-state index in [9.17, 15) is 4.79 Å². The molecule has 0 radical (unpaired) electrons. The van der Waals surface area contributed by atoms with Crippen molar-refractivity contribution in [1.29, 1.82) is 0 Å². The highest BCUT2D eigenvalue weighted by Crippen LogP contribution is 2.19. The van der Waals surface area contributed by atoms with Crippen LogP contribution in [0.1, 0.15) is 25.7 Å². The van der Waals surface area contributed by atoms with Gasteiger partial charge >= 0.3 is 0 Å². The van der Waals surface area contributed by atoms with Crippen LogP contribution in [0, 0.1) is 0 Å².